The van der Waals surface area contributed by atoms with Crippen molar-refractivity contribution in [3.05, 3.63) is 42.0 Å². The van der Waals surface area contributed by atoms with Gasteiger partial charge < -0.3 is 9.84 Å². The van der Waals surface area contributed by atoms with Gasteiger partial charge in [-0.15, -0.1) is 0 Å². The Balaban J connectivity index is 2.59. The summed E-state index contributed by atoms with van der Waals surface area (Å²) in [6.45, 7) is 4.98. The Bertz CT molecular complexity index is 602. The Labute approximate surface area is 112 Å². The van der Waals surface area contributed by atoms with Crippen molar-refractivity contribution in [2.24, 2.45) is 0 Å². The van der Waals surface area contributed by atoms with Gasteiger partial charge in [0.1, 0.15) is 11.9 Å². The van der Waals surface area contributed by atoms with Crippen molar-refractivity contribution in [1.29, 1.82) is 0 Å². The van der Waals surface area contributed by atoms with E-state index in [9.17, 15) is 9.90 Å². The number of aliphatic hydroxyl groups excluding tert-OH is 1. The van der Waals surface area contributed by atoms with Crippen LogP contribution in [0.15, 0.2) is 36.4 Å². The van der Waals surface area contributed by atoms with E-state index in [-0.39, 0.29) is 11.9 Å². The SMILES string of the molecule is CC(=O)c1ccc2ccccc2c1OC(C)C(C)O. The minimum atomic E-state index is -0.598. The van der Waals surface area contributed by atoms with Gasteiger partial charge >= 0.3 is 0 Å². The summed E-state index contributed by atoms with van der Waals surface area (Å²) >= 11 is 0. The molecule has 0 saturated carbocycles. The van der Waals surface area contributed by atoms with Gasteiger partial charge in [-0.2, -0.15) is 0 Å². The van der Waals surface area contributed by atoms with Gasteiger partial charge in [-0.3, -0.25) is 4.79 Å². The standard InChI is InChI=1S/C16H18O3/c1-10(17)12(3)19-16-14(11(2)18)9-8-13-6-4-5-7-15(13)16/h4-10,12,17H,1-3H3. The molecule has 0 heterocycles. The van der Waals surface area contributed by atoms with Gasteiger partial charge in [0.05, 0.1) is 11.7 Å². The van der Waals surface area contributed by atoms with Crippen LogP contribution in [0.5, 0.6) is 5.75 Å². The number of hydrogen-bond donors (Lipinski definition) is 1. The highest BCUT2D eigenvalue weighted by Crippen LogP contribution is 2.31. The lowest BCUT2D eigenvalue weighted by Gasteiger charge is -2.20. The van der Waals surface area contributed by atoms with E-state index < -0.39 is 6.10 Å². The molecule has 2 atom stereocenters. The van der Waals surface area contributed by atoms with E-state index in [1.54, 1.807) is 19.9 Å². The molecule has 0 aliphatic carbocycles. The van der Waals surface area contributed by atoms with Crippen LogP contribution in [-0.4, -0.2) is 23.1 Å². The van der Waals surface area contributed by atoms with Crippen molar-refractivity contribution in [1.82, 2.24) is 0 Å². The summed E-state index contributed by atoms with van der Waals surface area (Å²) < 4.78 is 5.81. The summed E-state index contributed by atoms with van der Waals surface area (Å²) in [4.78, 5) is 11.7. The molecule has 0 bridgehead atoms. The molecular formula is C16H18O3. The molecule has 2 rings (SSSR count). The summed E-state index contributed by atoms with van der Waals surface area (Å²) in [5.41, 5.74) is 0.547. The quantitative estimate of drug-likeness (QED) is 0.857. The van der Waals surface area contributed by atoms with Gasteiger partial charge in [0.25, 0.3) is 0 Å². The van der Waals surface area contributed by atoms with E-state index in [1.165, 1.54) is 6.92 Å². The smallest absolute Gasteiger partial charge is 0.163 e. The molecular weight excluding hydrogens is 240 g/mol. The first-order valence-corrected chi connectivity index (χ1v) is 6.38. The largest absolute Gasteiger partial charge is 0.487 e. The molecule has 0 spiro atoms. The monoisotopic (exact) mass is 258 g/mol. The summed E-state index contributed by atoms with van der Waals surface area (Å²) in [6, 6.07) is 11.4. The molecule has 0 aliphatic rings. The van der Waals surface area contributed by atoms with Crippen molar-refractivity contribution in [3.63, 3.8) is 0 Å². The third kappa shape index (κ3) is 2.76. The average Bonchev–Trinajstić information content (AvgIpc) is 2.38. The molecule has 3 heteroatoms. The van der Waals surface area contributed by atoms with Gasteiger partial charge in [0, 0.05) is 5.39 Å². The van der Waals surface area contributed by atoms with Crippen LogP contribution in [0.25, 0.3) is 10.8 Å². The number of carbonyl (C=O) groups excluding carboxylic acids is 1. The lowest BCUT2D eigenvalue weighted by atomic mass is 10.0. The first-order chi connectivity index (χ1) is 9.00. The third-order valence-electron chi connectivity index (χ3n) is 3.24. The highest BCUT2D eigenvalue weighted by molar-refractivity contribution is 6.03. The average molecular weight is 258 g/mol. The van der Waals surface area contributed by atoms with E-state index in [4.69, 9.17) is 4.74 Å². The molecule has 0 radical (unpaired) electrons. The zero-order valence-electron chi connectivity index (χ0n) is 11.4. The predicted octanol–water partition coefficient (Wildman–Crippen LogP) is 3.19. The number of ether oxygens (including phenoxy) is 1. The number of hydrogen-bond acceptors (Lipinski definition) is 3. The lowest BCUT2D eigenvalue weighted by molar-refractivity contribution is 0.0604. The molecule has 100 valence electrons. The van der Waals surface area contributed by atoms with Crippen molar-refractivity contribution >= 4 is 16.6 Å². The van der Waals surface area contributed by atoms with Crippen LogP contribution >= 0.6 is 0 Å². The molecule has 0 aliphatic heterocycles. The van der Waals surface area contributed by atoms with E-state index in [0.29, 0.717) is 11.3 Å². The summed E-state index contributed by atoms with van der Waals surface area (Å²) in [7, 11) is 0. The number of ketones is 1. The molecule has 2 aromatic rings. The Morgan fingerprint density at radius 2 is 1.84 bits per heavy atom. The van der Waals surface area contributed by atoms with Gasteiger partial charge in [-0.1, -0.05) is 30.3 Å². The van der Waals surface area contributed by atoms with Crippen LogP contribution < -0.4 is 4.74 Å². The number of aliphatic hydroxyl groups is 1. The predicted molar refractivity (Wildman–Crippen MR) is 75.7 cm³/mol. The Hall–Kier alpha value is -1.87. The summed E-state index contributed by atoms with van der Waals surface area (Å²) in [6.07, 6.45) is -0.970. The number of benzene rings is 2. The van der Waals surface area contributed by atoms with E-state index in [2.05, 4.69) is 0 Å². The zero-order valence-corrected chi connectivity index (χ0v) is 11.4. The van der Waals surface area contributed by atoms with Crippen LogP contribution in [0.3, 0.4) is 0 Å². The molecule has 1 N–H and O–H groups in total. The lowest BCUT2D eigenvalue weighted by Crippen LogP contribution is -2.26. The van der Waals surface area contributed by atoms with E-state index in [1.807, 2.05) is 30.3 Å². The summed E-state index contributed by atoms with van der Waals surface area (Å²) in [5.74, 6) is 0.512. The molecule has 19 heavy (non-hydrogen) atoms. The molecule has 2 aromatic carbocycles. The fourth-order valence-corrected chi connectivity index (χ4v) is 1.93. The first kappa shape index (κ1) is 13.6. The zero-order chi connectivity index (χ0) is 14.0. The molecule has 0 amide bonds. The highest BCUT2D eigenvalue weighted by Gasteiger charge is 2.17. The Kier molecular flexibility index (Phi) is 3.86. The van der Waals surface area contributed by atoms with Crippen LogP contribution in [0.4, 0.5) is 0 Å². The van der Waals surface area contributed by atoms with Crippen LogP contribution in [-0.2, 0) is 0 Å². The van der Waals surface area contributed by atoms with Crippen LogP contribution in [0, 0.1) is 0 Å². The number of fused-ring (bicyclic) bond motifs is 1. The van der Waals surface area contributed by atoms with Crippen LogP contribution in [0.2, 0.25) is 0 Å². The van der Waals surface area contributed by atoms with Crippen molar-refractivity contribution in [2.75, 3.05) is 0 Å². The van der Waals surface area contributed by atoms with Gasteiger partial charge in [-0.25, -0.2) is 0 Å². The van der Waals surface area contributed by atoms with Crippen molar-refractivity contribution < 1.29 is 14.6 Å². The second-order valence-electron chi connectivity index (χ2n) is 4.78. The molecule has 3 nitrogen and oxygen atoms in total. The first-order valence-electron chi connectivity index (χ1n) is 6.38. The second-order valence-corrected chi connectivity index (χ2v) is 4.78. The van der Waals surface area contributed by atoms with Crippen molar-refractivity contribution in [3.8, 4) is 5.75 Å². The number of carbonyl (C=O) groups is 1. The Morgan fingerprint density at radius 3 is 2.47 bits per heavy atom. The van der Waals surface area contributed by atoms with Gasteiger partial charge in [0.15, 0.2) is 5.78 Å². The number of rotatable bonds is 4. The van der Waals surface area contributed by atoms with Crippen LogP contribution in [0.1, 0.15) is 31.1 Å². The third-order valence-corrected chi connectivity index (χ3v) is 3.24. The summed E-state index contributed by atoms with van der Waals surface area (Å²) in [5, 5.41) is 11.5. The maximum atomic E-state index is 11.7. The molecule has 0 fully saturated rings. The normalized spacial score (nSPS) is 14.1. The molecule has 2 unspecified atom stereocenters. The topological polar surface area (TPSA) is 46.5 Å². The maximum Gasteiger partial charge on any atom is 0.163 e. The number of Topliss-reactive ketones (excluding diaryl/α,β-unsaturated/α-hetero) is 1. The Morgan fingerprint density at radius 1 is 1.16 bits per heavy atom. The highest BCUT2D eigenvalue weighted by atomic mass is 16.5. The maximum absolute atomic E-state index is 11.7. The fraction of sp³-hybridized carbons (Fsp3) is 0.312. The minimum absolute atomic E-state index is 0.0430. The second kappa shape index (κ2) is 5.41. The van der Waals surface area contributed by atoms with Crippen molar-refractivity contribution in [2.45, 2.75) is 33.0 Å². The van der Waals surface area contributed by atoms with E-state index in [0.717, 1.165) is 10.8 Å². The molecule has 0 aromatic heterocycles. The van der Waals surface area contributed by atoms with Gasteiger partial charge in [-0.05, 0) is 32.2 Å². The van der Waals surface area contributed by atoms with Gasteiger partial charge in [0.2, 0.25) is 0 Å². The minimum Gasteiger partial charge on any atom is -0.487 e. The van der Waals surface area contributed by atoms with E-state index >= 15 is 0 Å². The molecule has 0 saturated heterocycles. The fourth-order valence-electron chi connectivity index (χ4n) is 1.93.